The zero-order valence-corrected chi connectivity index (χ0v) is 9.66. The van der Waals surface area contributed by atoms with Crippen molar-refractivity contribution >= 4 is 0 Å². The van der Waals surface area contributed by atoms with Gasteiger partial charge in [0.05, 0.1) is 25.6 Å². The van der Waals surface area contributed by atoms with Gasteiger partial charge in [-0.15, -0.1) is 0 Å². The van der Waals surface area contributed by atoms with E-state index in [1.807, 2.05) is 0 Å². The Morgan fingerprint density at radius 2 is 2.22 bits per heavy atom. The first-order valence-corrected chi connectivity index (χ1v) is 5.73. The molecule has 1 unspecified atom stereocenters. The van der Waals surface area contributed by atoms with E-state index in [1.54, 1.807) is 0 Å². The van der Waals surface area contributed by atoms with Gasteiger partial charge in [-0.1, -0.05) is 5.16 Å². The standard InChI is InChI=1S/C10H14F3N3O2/c11-10(12,13)2-1-8-15-9(18-16-8)5-7-6-14-3-4-17-7/h7,14H,1-6H2. The Labute approximate surface area is 102 Å². The fraction of sp³-hybridized carbons (Fsp3) is 0.800. The minimum atomic E-state index is -4.20. The van der Waals surface area contributed by atoms with Gasteiger partial charge in [-0.25, -0.2) is 0 Å². The molecule has 1 aromatic heterocycles. The third-order valence-electron chi connectivity index (χ3n) is 2.55. The van der Waals surface area contributed by atoms with Gasteiger partial charge in [0.25, 0.3) is 0 Å². The number of aromatic nitrogens is 2. The first-order chi connectivity index (χ1) is 8.53. The third-order valence-corrected chi connectivity index (χ3v) is 2.55. The van der Waals surface area contributed by atoms with Crippen LogP contribution in [0.25, 0.3) is 0 Å². The summed E-state index contributed by atoms with van der Waals surface area (Å²) in [6, 6.07) is 0. The Balaban J connectivity index is 1.82. The highest BCUT2D eigenvalue weighted by Gasteiger charge is 2.27. The molecule has 0 aromatic carbocycles. The number of rotatable bonds is 4. The Bertz CT molecular complexity index is 375. The van der Waals surface area contributed by atoms with Gasteiger partial charge in [-0.3, -0.25) is 0 Å². The molecule has 0 radical (unpaired) electrons. The molecule has 0 aliphatic carbocycles. The van der Waals surface area contributed by atoms with Gasteiger partial charge in [0.2, 0.25) is 5.89 Å². The fourth-order valence-electron chi connectivity index (χ4n) is 1.67. The number of nitrogens with one attached hydrogen (secondary N) is 1. The average molecular weight is 265 g/mol. The maximum Gasteiger partial charge on any atom is 0.389 e. The Kier molecular flexibility index (Phi) is 4.18. The van der Waals surface area contributed by atoms with Crippen LogP contribution in [-0.2, 0) is 17.6 Å². The Morgan fingerprint density at radius 3 is 2.89 bits per heavy atom. The van der Waals surface area contributed by atoms with Crippen molar-refractivity contribution < 1.29 is 22.4 Å². The summed E-state index contributed by atoms with van der Waals surface area (Å²) >= 11 is 0. The molecule has 1 fully saturated rings. The van der Waals surface area contributed by atoms with Crippen LogP contribution in [0.4, 0.5) is 13.2 Å². The summed E-state index contributed by atoms with van der Waals surface area (Å²) in [4.78, 5) is 3.92. The second kappa shape index (κ2) is 5.66. The average Bonchev–Trinajstić information content (AvgIpc) is 2.75. The van der Waals surface area contributed by atoms with Gasteiger partial charge >= 0.3 is 6.18 Å². The van der Waals surface area contributed by atoms with Crippen LogP contribution >= 0.6 is 0 Å². The maximum absolute atomic E-state index is 12.0. The van der Waals surface area contributed by atoms with Crippen LogP contribution < -0.4 is 5.32 Å². The van der Waals surface area contributed by atoms with Crippen LogP contribution in [0.1, 0.15) is 18.1 Å². The number of hydrogen-bond acceptors (Lipinski definition) is 5. The lowest BCUT2D eigenvalue weighted by atomic mass is 10.2. The lowest BCUT2D eigenvalue weighted by Gasteiger charge is -2.21. The summed E-state index contributed by atoms with van der Waals surface area (Å²) in [5.41, 5.74) is 0. The number of nitrogens with zero attached hydrogens (tertiary/aromatic N) is 2. The van der Waals surface area contributed by atoms with Crippen LogP contribution in [-0.4, -0.2) is 42.1 Å². The summed E-state index contributed by atoms with van der Waals surface area (Å²) < 4.78 is 46.4. The number of ether oxygens (including phenoxy) is 1. The van der Waals surface area contributed by atoms with Crippen LogP contribution in [0.15, 0.2) is 4.52 Å². The van der Waals surface area contributed by atoms with E-state index in [4.69, 9.17) is 9.26 Å². The predicted octanol–water partition coefficient (Wildman–Crippen LogP) is 1.10. The van der Waals surface area contributed by atoms with E-state index in [-0.39, 0.29) is 18.3 Å². The van der Waals surface area contributed by atoms with E-state index in [1.165, 1.54) is 0 Å². The molecule has 102 valence electrons. The Morgan fingerprint density at radius 1 is 1.39 bits per heavy atom. The topological polar surface area (TPSA) is 60.2 Å². The van der Waals surface area contributed by atoms with Crippen molar-refractivity contribution in [2.75, 3.05) is 19.7 Å². The van der Waals surface area contributed by atoms with Gasteiger partial charge < -0.3 is 14.6 Å². The first kappa shape index (κ1) is 13.3. The number of morpholine rings is 1. The quantitative estimate of drug-likeness (QED) is 0.883. The highest BCUT2D eigenvalue weighted by Crippen LogP contribution is 2.21. The van der Waals surface area contributed by atoms with Crippen molar-refractivity contribution in [2.45, 2.75) is 31.5 Å². The molecule has 18 heavy (non-hydrogen) atoms. The van der Waals surface area contributed by atoms with Crippen molar-refractivity contribution in [3.8, 4) is 0 Å². The molecule has 8 heteroatoms. The number of aryl methyl sites for hydroxylation is 1. The van der Waals surface area contributed by atoms with Crippen LogP contribution in [0.5, 0.6) is 0 Å². The number of alkyl halides is 3. The zero-order valence-electron chi connectivity index (χ0n) is 9.66. The van der Waals surface area contributed by atoms with Gasteiger partial charge in [0.1, 0.15) is 0 Å². The smallest absolute Gasteiger partial charge is 0.375 e. The SMILES string of the molecule is FC(F)(F)CCc1noc(CC2CNCCO2)n1. The maximum atomic E-state index is 12.0. The van der Waals surface area contributed by atoms with Crippen molar-refractivity contribution in [3.63, 3.8) is 0 Å². The highest BCUT2D eigenvalue weighted by molar-refractivity contribution is 4.90. The zero-order chi connectivity index (χ0) is 13.0. The predicted molar refractivity (Wildman–Crippen MR) is 55.0 cm³/mol. The molecule has 2 rings (SSSR count). The van der Waals surface area contributed by atoms with Gasteiger partial charge in [-0.05, 0) is 0 Å². The van der Waals surface area contributed by atoms with Crippen molar-refractivity contribution in [2.24, 2.45) is 0 Å². The number of hydrogen-bond donors (Lipinski definition) is 1. The normalized spacial score (nSPS) is 21.2. The van der Waals surface area contributed by atoms with E-state index in [0.29, 0.717) is 25.5 Å². The van der Waals surface area contributed by atoms with E-state index in [2.05, 4.69) is 15.5 Å². The molecule has 0 spiro atoms. The lowest BCUT2D eigenvalue weighted by molar-refractivity contribution is -0.134. The summed E-state index contributed by atoms with van der Waals surface area (Å²) in [5, 5.41) is 6.67. The second-order valence-corrected chi connectivity index (χ2v) is 4.12. The van der Waals surface area contributed by atoms with Crippen molar-refractivity contribution in [1.29, 1.82) is 0 Å². The molecule has 1 atom stereocenters. The van der Waals surface area contributed by atoms with E-state index in [0.717, 1.165) is 6.54 Å². The molecule has 1 aliphatic heterocycles. The van der Waals surface area contributed by atoms with E-state index in [9.17, 15) is 13.2 Å². The minimum Gasteiger partial charge on any atom is -0.375 e. The highest BCUT2D eigenvalue weighted by atomic mass is 19.4. The Hall–Kier alpha value is -1.15. The third kappa shape index (κ3) is 4.26. The summed E-state index contributed by atoms with van der Waals surface area (Å²) in [6.45, 7) is 2.09. The molecule has 2 heterocycles. The fourth-order valence-corrected chi connectivity index (χ4v) is 1.67. The summed E-state index contributed by atoms with van der Waals surface area (Å²) in [5.74, 6) is 0.409. The number of halogens is 3. The summed E-state index contributed by atoms with van der Waals surface area (Å²) in [6.07, 6.45) is -5.03. The van der Waals surface area contributed by atoms with E-state index >= 15 is 0 Å². The molecule has 0 saturated carbocycles. The first-order valence-electron chi connectivity index (χ1n) is 5.73. The van der Waals surface area contributed by atoms with Crippen LogP contribution in [0.2, 0.25) is 0 Å². The molecule has 0 amide bonds. The van der Waals surface area contributed by atoms with E-state index < -0.39 is 12.6 Å². The molecule has 5 nitrogen and oxygen atoms in total. The largest absolute Gasteiger partial charge is 0.389 e. The lowest BCUT2D eigenvalue weighted by Crippen LogP contribution is -2.39. The van der Waals surface area contributed by atoms with Gasteiger partial charge in [0, 0.05) is 19.5 Å². The molecule has 0 bridgehead atoms. The van der Waals surface area contributed by atoms with Crippen LogP contribution in [0.3, 0.4) is 0 Å². The van der Waals surface area contributed by atoms with Gasteiger partial charge in [0.15, 0.2) is 5.82 Å². The monoisotopic (exact) mass is 265 g/mol. The molecule has 1 aliphatic rings. The molecular formula is C10H14F3N3O2. The molecule has 1 saturated heterocycles. The molecule has 1 N–H and O–H groups in total. The molecule has 1 aromatic rings. The van der Waals surface area contributed by atoms with Crippen LogP contribution in [0, 0.1) is 0 Å². The van der Waals surface area contributed by atoms with Crippen molar-refractivity contribution in [3.05, 3.63) is 11.7 Å². The minimum absolute atomic E-state index is 0.0605. The second-order valence-electron chi connectivity index (χ2n) is 4.12. The summed E-state index contributed by atoms with van der Waals surface area (Å²) in [7, 11) is 0. The van der Waals surface area contributed by atoms with Crippen molar-refractivity contribution in [1.82, 2.24) is 15.5 Å². The molecular weight excluding hydrogens is 251 g/mol. The van der Waals surface area contributed by atoms with Gasteiger partial charge in [-0.2, -0.15) is 18.2 Å².